The Labute approximate surface area is 170 Å². The SMILES string of the molecule is O=C1N=Cc2cccc(Nc3cccc(-c4nncn4[C@@H]4CCCCC4(F)F)n3)c21. The van der Waals surface area contributed by atoms with E-state index in [2.05, 4.69) is 25.5 Å². The summed E-state index contributed by atoms with van der Waals surface area (Å²) in [6.45, 7) is 0. The van der Waals surface area contributed by atoms with E-state index in [1.807, 2.05) is 12.1 Å². The van der Waals surface area contributed by atoms with Gasteiger partial charge in [0, 0.05) is 18.2 Å². The van der Waals surface area contributed by atoms with E-state index in [1.54, 1.807) is 24.3 Å². The number of nitrogens with one attached hydrogen (secondary N) is 1. The van der Waals surface area contributed by atoms with E-state index in [1.165, 1.54) is 17.1 Å². The molecular formula is C21H18F2N6O. The molecule has 152 valence electrons. The minimum atomic E-state index is -2.81. The Morgan fingerprint density at radius 3 is 2.87 bits per heavy atom. The number of rotatable bonds is 4. The number of carbonyl (C=O) groups excluding carboxylic acids is 1. The van der Waals surface area contributed by atoms with Crippen molar-refractivity contribution in [3.8, 4) is 11.5 Å². The van der Waals surface area contributed by atoms with Crippen molar-refractivity contribution in [3.05, 3.63) is 53.9 Å². The molecule has 1 saturated carbocycles. The zero-order valence-electron chi connectivity index (χ0n) is 15.9. The van der Waals surface area contributed by atoms with Crippen LogP contribution < -0.4 is 5.32 Å². The molecule has 0 bridgehead atoms. The van der Waals surface area contributed by atoms with Crippen molar-refractivity contribution < 1.29 is 13.6 Å². The van der Waals surface area contributed by atoms with E-state index in [0.717, 1.165) is 12.0 Å². The summed E-state index contributed by atoms with van der Waals surface area (Å²) in [7, 11) is 0. The number of benzene rings is 1. The Bertz CT molecular complexity index is 1160. The third kappa shape index (κ3) is 3.16. The first-order valence-electron chi connectivity index (χ1n) is 9.76. The van der Waals surface area contributed by atoms with Gasteiger partial charge in [0.15, 0.2) is 5.82 Å². The molecule has 9 heteroatoms. The molecule has 3 heterocycles. The molecule has 3 aromatic rings. The van der Waals surface area contributed by atoms with Gasteiger partial charge >= 0.3 is 0 Å². The second-order valence-electron chi connectivity index (χ2n) is 7.45. The standard InChI is InChI=1S/C21H18F2N6O/c22-21(23)10-2-1-8-16(21)29-12-25-28-19(29)15-7-4-9-17(27-15)26-14-6-3-5-13-11-24-20(30)18(13)14/h3-7,9,11-12,16H,1-2,8,10H2,(H,26,27)/t16-/m1/s1. The highest BCUT2D eigenvalue weighted by molar-refractivity contribution is 6.16. The molecule has 1 N–H and O–H groups in total. The average molecular weight is 408 g/mol. The number of hydrogen-bond acceptors (Lipinski definition) is 5. The number of fused-ring (bicyclic) bond motifs is 1. The molecule has 2 aromatic heterocycles. The second-order valence-corrected chi connectivity index (χ2v) is 7.45. The zero-order valence-corrected chi connectivity index (χ0v) is 15.9. The fraction of sp³-hybridized carbons (Fsp3) is 0.286. The van der Waals surface area contributed by atoms with E-state index >= 15 is 0 Å². The van der Waals surface area contributed by atoms with Crippen LogP contribution in [0.1, 0.15) is 47.6 Å². The van der Waals surface area contributed by atoms with Gasteiger partial charge in [-0.3, -0.25) is 4.79 Å². The van der Waals surface area contributed by atoms with Crippen LogP contribution >= 0.6 is 0 Å². The summed E-state index contributed by atoms with van der Waals surface area (Å²) in [5.41, 5.74) is 2.23. The predicted molar refractivity (Wildman–Crippen MR) is 107 cm³/mol. The number of aromatic nitrogens is 4. The number of anilines is 2. The topological polar surface area (TPSA) is 85.1 Å². The van der Waals surface area contributed by atoms with Gasteiger partial charge < -0.3 is 9.88 Å². The smallest absolute Gasteiger partial charge is 0.279 e. The number of aliphatic imine (C=N–C) groups is 1. The van der Waals surface area contributed by atoms with E-state index in [0.29, 0.717) is 41.4 Å². The van der Waals surface area contributed by atoms with Crippen molar-refractivity contribution in [2.75, 3.05) is 5.32 Å². The van der Waals surface area contributed by atoms with Crippen LogP contribution in [0.5, 0.6) is 0 Å². The highest BCUT2D eigenvalue weighted by Crippen LogP contribution is 2.42. The second kappa shape index (κ2) is 7.08. The Kier molecular flexibility index (Phi) is 4.38. The molecule has 1 aromatic carbocycles. The van der Waals surface area contributed by atoms with Crippen LogP contribution in [0, 0.1) is 0 Å². The van der Waals surface area contributed by atoms with Gasteiger partial charge in [0.05, 0.1) is 11.3 Å². The highest BCUT2D eigenvalue weighted by atomic mass is 19.3. The number of carbonyl (C=O) groups is 1. The van der Waals surface area contributed by atoms with E-state index in [9.17, 15) is 13.6 Å². The molecule has 1 fully saturated rings. The molecular weight excluding hydrogens is 390 g/mol. The first-order chi connectivity index (χ1) is 14.5. The fourth-order valence-electron chi connectivity index (χ4n) is 4.05. The molecule has 7 nitrogen and oxygen atoms in total. The molecule has 0 saturated heterocycles. The molecule has 1 amide bonds. The molecule has 0 spiro atoms. The van der Waals surface area contributed by atoms with Gasteiger partial charge in [-0.15, -0.1) is 10.2 Å². The van der Waals surface area contributed by atoms with Gasteiger partial charge in [-0.1, -0.05) is 24.6 Å². The number of nitrogens with zero attached hydrogens (tertiary/aromatic N) is 5. The molecule has 1 aliphatic carbocycles. The van der Waals surface area contributed by atoms with Crippen LogP contribution in [-0.4, -0.2) is 37.8 Å². The molecule has 0 radical (unpaired) electrons. The van der Waals surface area contributed by atoms with E-state index in [-0.39, 0.29) is 12.3 Å². The van der Waals surface area contributed by atoms with Crippen LogP contribution in [0.3, 0.4) is 0 Å². The number of alkyl halides is 2. The maximum atomic E-state index is 14.5. The number of pyridine rings is 1. The first-order valence-corrected chi connectivity index (χ1v) is 9.76. The van der Waals surface area contributed by atoms with Crippen molar-refractivity contribution in [1.29, 1.82) is 0 Å². The van der Waals surface area contributed by atoms with E-state index in [4.69, 9.17) is 0 Å². The lowest BCUT2D eigenvalue weighted by molar-refractivity contribution is -0.0777. The summed E-state index contributed by atoms with van der Waals surface area (Å²) in [6.07, 6.45) is 4.36. The average Bonchev–Trinajstić information content (AvgIpc) is 3.36. The molecule has 1 atom stereocenters. The Balaban J connectivity index is 1.47. The van der Waals surface area contributed by atoms with Gasteiger partial charge in [-0.05, 0) is 31.0 Å². The zero-order chi connectivity index (χ0) is 20.7. The summed E-state index contributed by atoms with van der Waals surface area (Å²) in [4.78, 5) is 20.4. The lowest BCUT2D eigenvalue weighted by atomic mass is 9.91. The molecule has 2 aliphatic rings. The number of amides is 1. The monoisotopic (exact) mass is 408 g/mol. The lowest BCUT2D eigenvalue weighted by Gasteiger charge is -2.32. The highest BCUT2D eigenvalue weighted by Gasteiger charge is 2.43. The predicted octanol–water partition coefficient (Wildman–Crippen LogP) is 4.41. The Hall–Kier alpha value is -3.49. The van der Waals surface area contributed by atoms with Gasteiger partial charge in [0.1, 0.15) is 23.9 Å². The van der Waals surface area contributed by atoms with Crippen LogP contribution in [0.25, 0.3) is 11.5 Å². The fourth-order valence-corrected chi connectivity index (χ4v) is 4.05. The largest absolute Gasteiger partial charge is 0.340 e. The molecule has 1 aliphatic heterocycles. The van der Waals surface area contributed by atoms with Crippen molar-refractivity contribution >= 4 is 23.6 Å². The maximum absolute atomic E-state index is 14.5. The van der Waals surface area contributed by atoms with Crippen molar-refractivity contribution in [1.82, 2.24) is 19.7 Å². The normalized spacial score (nSPS) is 19.7. The minimum absolute atomic E-state index is 0.139. The van der Waals surface area contributed by atoms with Gasteiger partial charge in [0.25, 0.3) is 11.8 Å². The summed E-state index contributed by atoms with van der Waals surface area (Å²) in [5.74, 6) is -2.37. The van der Waals surface area contributed by atoms with Gasteiger partial charge in [0.2, 0.25) is 0 Å². The van der Waals surface area contributed by atoms with Crippen molar-refractivity contribution in [2.24, 2.45) is 4.99 Å². The van der Waals surface area contributed by atoms with Gasteiger partial charge in [-0.2, -0.15) is 0 Å². The Morgan fingerprint density at radius 1 is 1.13 bits per heavy atom. The lowest BCUT2D eigenvalue weighted by Crippen LogP contribution is -2.34. The molecule has 0 unspecified atom stereocenters. The maximum Gasteiger partial charge on any atom is 0.279 e. The summed E-state index contributed by atoms with van der Waals surface area (Å²) in [6, 6.07) is 9.61. The Morgan fingerprint density at radius 2 is 2.00 bits per heavy atom. The first kappa shape index (κ1) is 18.5. The molecule has 5 rings (SSSR count). The van der Waals surface area contributed by atoms with Crippen LogP contribution in [0.2, 0.25) is 0 Å². The van der Waals surface area contributed by atoms with Crippen molar-refractivity contribution in [3.63, 3.8) is 0 Å². The van der Waals surface area contributed by atoms with Crippen LogP contribution in [0.15, 0.2) is 47.7 Å². The number of hydrogen-bond donors (Lipinski definition) is 1. The van der Waals surface area contributed by atoms with E-state index < -0.39 is 12.0 Å². The summed E-state index contributed by atoms with van der Waals surface area (Å²) < 4.78 is 30.4. The molecule has 30 heavy (non-hydrogen) atoms. The quantitative estimate of drug-likeness (QED) is 0.691. The van der Waals surface area contributed by atoms with Crippen LogP contribution in [0.4, 0.5) is 20.3 Å². The third-order valence-electron chi connectivity index (χ3n) is 5.51. The van der Waals surface area contributed by atoms with Gasteiger partial charge in [-0.25, -0.2) is 18.8 Å². The van der Waals surface area contributed by atoms with Crippen LogP contribution in [-0.2, 0) is 0 Å². The van der Waals surface area contributed by atoms with Crippen molar-refractivity contribution in [2.45, 2.75) is 37.6 Å². The minimum Gasteiger partial charge on any atom is -0.340 e. The third-order valence-corrected chi connectivity index (χ3v) is 5.51. The number of halogens is 2. The summed E-state index contributed by atoms with van der Waals surface area (Å²) >= 11 is 0. The summed E-state index contributed by atoms with van der Waals surface area (Å²) in [5, 5.41) is 11.1.